The van der Waals surface area contributed by atoms with Gasteiger partial charge in [-0.25, -0.2) is 4.98 Å². The second-order valence-electron chi connectivity index (χ2n) is 3.41. The van der Waals surface area contributed by atoms with Crippen molar-refractivity contribution in [3.8, 4) is 11.4 Å². The van der Waals surface area contributed by atoms with Gasteiger partial charge in [0.2, 0.25) is 0 Å². The predicted molar refractivity (Wildman–Crippen MR) is 60.9 cm³/mol. The number of aromatic amines is 1. The standard InChI is InChI=1S/C11H12N2OS/c1-8(14)4-5-11-13-10(7-15-11)9-3-2-6-12-9/h2-3,6-7,12H,4-5H2,1H3. The fraction of sp³-hybridized carbons (Fsp3) is 0.273. The van der Waals surface area contributed by atoms with E-state index in [1.807, 2.05) is 23.7 Å². The summed E-state index contributed by atoms with van der Waals surface area (Å²) in [5.74, 6) is 0.214. The van der Waals surface area contributed by atoms with E-state index in [0.717, 1.165) is 22.8 Å². The summed E-state index contributed by atoms with van der Waals surface area (Å²) in [4.78, 5) is 18.4. The maximum Gasteiger partial charge on any atom is 0.130 e. The Morgan fingerprint density at radius 2 is 2.47 bits per heavy atom. The fourth-order valence-corrected chi connectivity index (χ4v) is 2.12. The van der Waals surface area contributed by atoms with Crippen LogP contribution >= 0.6 is 11.3 Å². The Bertz CT molecular complexity index is 445. The average molecular weight is 220 g/mol. The van der Waals surface area contributed by atoms with Crippen LogP contribution in [0.1, 0.15) is 18.4 Å². The van der Waals surface area contributed by atoms with Crippen molar-refractivity contribution in [3.63, 3.8) is 0 Å². The summed E-state index contributed by atoms with van der Waals surface area (Å²) in [7, 11) is 0. The lowest BCUT2D eigenvalue weighted by atomic mass is 10.2. The molecule has 0 saturated heterocycles. The van der Waals surface area contributed by atoms with Crippen molar-refractivity contribution in [3.05, 3.63) is 28.7 Å². The summed E-state index contributed by atoms with van der Waals surface area (Å²) < 4.78 is 0. The molecule has 0 aliphatic heterocycles. The molecule has 2 heterocycles. The van der Waals surface area contributed by atoms with E-state index < -0.39 is 0 Å². The number of hydrogen-bond acceptors (Lipinski definition) is 3. The third-order valence-corrected chi connectivity index (χ3v) is 3.03. The molecule has 3 nitrogen and oxygen atoms in total. The van der Waals surface area contributed by atoms with Gasteiger partial charge in [-0.3, -0.25) is 0 Å². The van der Waals surface area contributed by atoms with Crippen LogP contribution in [0.2, 0.25) is 0 Å². The molecule has 1 N–H and O–H groups in total. The largest absolute Gasteiger partial charge is 0.360 e. The molecular weight excluding hydrogens is 208 g/mol. The number of rotatable bonds is 4. The first kappa shape index (κ1) is 10.1. The summed E-state index contributed by atoms with van der Waals surface area (Å²) in [5.41, 5.74) is 1.99. The van der Waals surface area contributed by atoms with Crippen LogP contribution in [0.25, 0.3) is 11.4 Å². The number of nitrogens with zero attached hydrogens (tertiary/aromatic N) is 1. The molecule has 78 valence electrons. The molecule has 15 heavy (non-hydrogen) atoms. The summed E-state index contributed by atoms with van der Waals surface area (Å²) in [6.07, 6.45) is 3.21. The minimum atomic E-state index is 0.214. The molecule has 0 bridgehead atoms. The molecule has 0 saturated carbocycles. The highest BCUT2D eigenvalue weighted by Gasteiger charge is 2.05. The van der Waals surface area contributed by atoms with Crippen LogP contribution < -0.4 is 0 Å². The first-order chi connectivity index (χ1) is 7.25. The molecule has 0 amide bonds. The zero-order valence-electron chi connectivity index (χ0n) is 8.49. The molecule has 2 aromatic heterocycles. The minimum absolute atomic E-state index is 0.214. The van der Waals surface area contributed by atoms with E-state index in [0.29, 0.717) is 6.42 Å². The van der Waals surface area contributed by atoms with Crippen molar-refractivity contribution < 1.29 is 4.79 Å². The molecule has 0 aliphatic carbocycles. The van der Waals surface area contributed by atoms with Crippen LogP contribution in [0.4, 0.5) is 0 Å². The molecule has 2 aromatic rings. The Morgan fingerprint density at radius 1 is 1.60 bits per heavy atom. The highest BCUT2D eigenvalue weighted by Crippen LogP contribution is 2.20. The van der Waals surface area contributed by atoms with E-state index in [-0.39, 0.29) is 5.78 Å². The molecule has 0 unspecified atom stereocenters. The van der Waals surface area contributed by atoms with Gasteiger partial charge in [-0.2, -0.15) is 0 Å². The third-order valence-electron chi connectivity index (χ3n) is 2.12. The summed E-state index contributed by atoms with van der Waals surface area (Å²) >= 11 is 1.61. The first-order valence-electron chi connectivity index (χ1n) is 4.83. The van der Waals surface area contributed by atoms with Gasteiger partial charge in [0, 0.05) is 24.4 Å². The van der Waals surface area contributed by atoms with Crippen molar-refractivity contribution in [1.29, 1.82) is 0 Å². The maximum absolute atomic E-state index is 10.8. The number of hydrogen-bond donors (Lipinski definition) is 1. The van der Waals surface area contributed by atoms with Crippen molar-refractivity contribution in [2.24, 2.45) is 0 Å². The molecule has 2 rings (SSSR count). The van der Waals surface area contributed by atoms with Gasteiger partial charge in [0.15, 0.2) is 0 Å². The fourth-order valence-electron chi connectivity index (χ4n) is 1.32. The van der Waals surface area contributed by atoms with Crippen LogP contribution in [-0.4, -0.2) is 15.8 Å². The van der Waals surface area contributed by atoms with E-state index in [1.165, 1.54) is 0 Å². The summed E-state index contributed by atoms with van der Waals surface area (Å²) in [6.45, 7) is 1.61. The Morgan fingerprint density at radius 3 is 3.13 bits per heavy atom. The van der Waals surface area contributed by atoms with Crippen molar-refractivity contribution in [2.45, 2.75) is 19.8 Å². The number of ketones is 1. The van der Waals surface area contributed by atoms with Gasteiger partial charge < -0.3 is 9.78 Å². The van der Waals surface area contributed by atoms with Crippen molar-refractivity contribution in [1.82, 2.24) is 9.97 Å². The van der Waals surface area contributed by atoms with Crippen LogP contribution in [-0.2, 0) is 11.2 Å². The van der Waals surface area contributed by atoms with Gasteiger partial charge >= 0.3 is 0 Å². The second-order valence-corrected chi connectivity index (χ2v) is 4.35. The van der Waals surface area contributed by atoms with E-state index in [4.69, 9.17) is 0 Å². The topological polar surface area (TPSA) is 45.8 Å². The summed E-state index contributed by atoms with van der Waals surface area (Å²) in [5, 5.41) is 3.04. The molecule has 0 radical (unpaired) electrons. The van der Waals surface area contributed by atoms with Gasteiger partial charge in [-0.1, -0.05) is 0 Å². The third kappa shape index (κ3) is 2.53. The SMILES string of the molecule is CC(=O)CCc1nc(-c2ccc[nH]2)cs1. The Hall–Kier alpha value is -1.42. The Kier molecular flexibility index (Phi) is 2.97. The molecule has 4 heteroatoms. The van der Waals surface area contributed by atoms with Gasteiger partial charge in [-0.15, -0.1) is 11.3 Å². The monoisotopic (exact) mass is 220 g/mol. The van der Waals surface area contributed by atoms with E-state index in [9.17, 15) is 4.79 Å². The number of carbonyl (C=O) groups is 1. The van der Waals surface area contributed by atoms with Crippen LogP contribution in [0.5, 0.6) is 0 Å². The number of aromatic nitrogens is 2. The van der Waals surface area contributed by atoms with Crippen LogP contribution in [0, 0.1) is 0 Å². The van der Waals surface area contributed by atoms with Gasteiger partial charge in [0.25, 0.3) is 0 Å². The van der Waals surface area contributed by atoms with Gasteiger partial charge in [0.05, 0.1) is 16.4 Å². The lowest BCUT2D eigenvalue weighted by Crippen LogP contribution is -1.93. The van der Waals surface area contributed by atoms with Crippen molar-refractivity contribution in [2.75, 3.05) is 0 Å². The number of thiazole rings is 1. The quantitative estimate of drug-likeness (QED) is 0.861. The predicted octanol–water partition coefficient (Wildman–Crippen LogP) is 2.66. The first-order valence-corrected chi connectivity index (χ1v) is 5.71. The van der Waals surface area contributed by atoms with E-state index in [1.54, 1.807) is 18.3 Å². The van der Waals surface area contributed by atoms with E-state index in [2.05, 4.69) is 9.97 Å². The normalized spacial score (nSPS) is 10.5. The number of carbonyl (C=O) groups excluding carboxylic acids is 1. The highest BCUT2D eigenvalue weighted by atomic mass is 32.1. The zero-order chi connectivity index (χ0) is 10.7. The number of Topliss-reactive ketones (excluding diaryl/α,β-unsaturated/α-hetero) is 1. The molecular formula is C11H12N2OS. The molecule has 0 aromatic carbocycles. The second kappa shape index (κ2) is 4.40. The van der Waals surface area contributed by atoms with Crippen LogP contribution in [0.15, 0.2) is 23.7 Å². The van der Waals surface area contributed by atoms with Crippen molar-refractivity contribution >= 4 is 17.1 Å². The molecule has 0 atom stereocenters. The average Bonchev–Trinajstić information content (AvgIpc) is 2.85. The summed E-state index contributed by atoms with van der Waals surface area (Å²) in [6, 6.07) is 3.94. The van der Waals surface area contributed by atoms with E-state index >= 15 is 0 Å². The number of H-pyrrole nitrogens is 1. The molecule has 0 aliphatic rings. The smallest absolute Gasteiger partial charge is 0.130 e. The Labute approximate surface area is 92.2 Å². The highest BCUT2D eigenvalue weighted by molar-refractivity contribution is 7.09. The number of aryl methyl sites for hydroxylation is 1. The Balaban J connectivity index is 2.08. The van der Waals surface area contributed by atoms with Gasteiger partial charge in [-0.05, 0) is 19.1 Å². The molecule has 0 spiro atoms. The number of nitrogens with one attached hydrogen (secondary N) is 1. The zero-order valence-corrected chi connectivity index (χ0v) is 9.30. The lowest BCUT2D eigenvalue weighted by Gasteiger charge is -1.91. The molecule has 0 fully saturated rings. The van der Waals surface area contributed by atoms with Gasteiger partial charge in [0.1, 0.15) is 5.78 Å². The maximum atomic E-state index is 10.8. The minimum Gasteiger partial charge on any atom is -0.360 e. The van der Waals surface area contributed by atoms with Crippen LogP contribution in [0.3, 0.4) is 0 Å². The lowest BCUT2D eigenvalue weighted by molar-refractivity contribution is -0.116.